The summed E-state index contributed by atoms with van der Waals surface area (Å²) >= 11 is 0. The largest absolute Gasteiger partial charge is 0.368 e. The molecule has 3 N–H and O–H groups in total. The SMILES string of the molecule is Nc1nc(CN2C(=O)CC3(CCCCC3)C2=O)nc(Nc2ccc(F)cc2)n1. The van der Waals surface area contributed by atoms with E-state index in [0.29, 0.717) is 5.69 Å². The van der Waals surface area contributed by atoms with E-state index < -0.39 is 5.41 Å². The molecule has 1 aliphatic carbocycles. The van der Waals surface area contributed by atoms with Gasteiger partial charge in [0.05, 0.1) is 12.0 Å². The molecule has 0 unspecified atom stereocenters. The summed E-state index contributed by atoms with van der Waals surface area (Å²) in [7, 11) is 0. The van der Waals surface area contributed by atoms with E-state index in [4.69, 9.17) is 5.73 Å². The summed E-state index contributed by atoms with van der Waals surface area (Å²) in [5.74, 6) is -0.319. The van der Waals surface area contributed by atoms with Crippen LogP contribution in [0.25, 0.3) is 0 Å². The summed E-state index contributed by atoms with van der Waals surface area (Å²) in [6, 6.07) is 5.68. The number of carbonyl (C=O) groups excluding carboxylic acids is 2. The number of nitrogens with one attached hydrogen (secondary N) is 1. The van der Waals surface area contributed by atoms with E-state index in [0.717, 1.165) is 32.1 Å². The lowest BCUT2D eigenvalue weighted by molar-refractivity contribution is -0.143. The average molecular weight is 384 g/mol. The summed E-state index contributed by atoms with van der Waals surface area (Å²) in [4.78, 5) is 39.0. The lowest BCUT2D eigenvalue weighted by atomic mass is 9.73. The Bertz CT molecular complexity index is 911. The molecule has 0 atom stereocenters. The van der Waals surface area contributed by atoms with Gasteiger partial charge >= 0.3 is 0 Å². The normalized spacial score (nSPS) is 18.7. The number of rotatable bonds is 4. The van der Waals surface area contributed by atoms with Crippen LogP contribution in [0.15, 0.2) is 24.3 Å². The van der Waals surface area contributed by atoms with Crippen molar-refractivity contribution in [3.8, 4) is 0 Å². The highest BCUT2D eigenvalue weighted by Crippen LogP contribution is 2.45. The second kappa shape index (κ2) is 7.14. The summed E-state index contributed by atoms with van der Waals surface area (Å²) in [5.41, 5.74) is 5.79. The number of likely N-dealkylation sites (tertiary alicyclic amines) is 1. The van der Waals surface area contributed by atoms with E-state index in [1.54, 1.807) is 0 Å². The summed E-state index contributed by atoms with van der Waals surface area (Å²) in [6.45, 7) is -0.0375. The van der Waals surface area contributed by atoms with Gasteiger partial charge in [-0.05, 0) is 37.1 Å². The van der Waals surface area contributed by atoms with Gasteiger partial charge < -0.3 is 11.1 Å². The number of amides is 2. The van der Waals surface area contributed by atoms with Crippen molar-refractivity contribution in [1.82, 2.24) is 19.9 Å². The first-order valence-electron chi connectivity index (χ1n) is 9.33. The van der Waals surface area contributed by atoms with Crippen molar-refractivity contribution in [1.29, 1.82) is 0 Å². The Morgan fingerprint density at radius 3 is 2.50 bits per heavy atom. The third kappa shape index (κ3) is 3.51. The summed E-state index contributed by atoms with van der Waals surface area (Å²) in [6.07, 6.45) is 4.81. The molecule has 1 aromatic heterocycles. The number of carbonyl (C=O) groups is 2. The lowest BCUT2D eigenvalue weighted by Gasteiger charge is -2.30. The molecule has 9 heteroatoms. The van der Waals surface area contributed by atoms with Crippen molar-refractivity contribution in [2.45, 2.75) is 45.1 Å². The molecule has 4 rings (SSSR count). The molecule has 1 saturated carbocycles. The van der Waals surface area contributed by atoms with Crippen LogP contribution >= 0.6 is 0 Å². The smallest absolute Gasteiger partial charge is 0.236 e. The Hall–Kier alpha value is -3.10. The minimum atomic E-state index is -0.552. The van der Waals surface area contributed by atoms with Crippen molar-refractivity contribution >= 4 is 29.4 Å². The second-order valence-corrected chi connectivity index (χ2v) is 7.37. The Morgan fingerprint density at radius 1 is 1.07 bits per heavy atom. The number of halogens is 1. The van der Waals surface area contributed by atoms with Gasteiger partial charge in [-0.2, -0.15) is 15.0 Å². The molecule has 1 saturated heterocycles. The monoisotopic (exact) mass is 384 g/mol. The van der Waals surface area contributed by atoms with Crippen LogP contribution in [0.1, 0.15) is 44.3 Å². The van der Waals surface area contributed by atoms with Gasteiger partial charge in [-0.3, -0.25) is 14.5 Å². The van der Waals surface area contributed by atoms with Gasteiger partial charge in [0, 0.05) is 12.1 Å². The van der Waals surface area contributed by atoms with Crippen LogP contribution in [0.5, 0.6) is 0 Å². The van der Waals surface area contributed by atoms with E-state index in [1.165, 1.54) is 29.2 Å². The van der Waals surface area contributed by atoms with Gasteiger partial charge in [0.2, 0.25) is 23.7 Å². The Labute approximate surface area is 161 Å². The van der Waals surface area contributed by atoms with E-state index in [2.05, 4.69) is 20.3 Å². The average Bonchev–Trinajstić information content (AvgIpc) is 2.88. The maximum atomic E-state index is 13.0. The number of hydrogen-bond acceptors (Lipinski definition) is 7. The Balaban J connectivity index is 1.53. The first kappa shape index (κ1) is 18.3. The number of nitrogen functional groups attached to an aromatic ring is 1. The van der Waals surface area contributed by atoms with Crippen molar-refractivity contribution in [3.63, 3.8) is 0 Å². The van der Waals surface area contributed by atoms with Crippen LogP contribution in [-0.2, 0) is 16.1 Å². The van der Waals surface area contributed by atoms with Crippen molar-refractivity contribution in [3.05, 3.63) is 35.9 Å². The fraction of sp³-hybridized carbons (Fsp3) is 0.421. The maximum Gasteiger partial charge on any atom is 0.236 e. The molecular weight excluding hydrogens is 363 g/mol. The number of hydrogen-bond donors (Lipinski definition) is 2. The lowest BCUT2D eigenvalue weighted by Crippen LogP contribution is -2.37. The van der Waals surface area contributed by atoms with E-state index in [-0.39, 0.29) is 48.3 Å². The number of nitrogens with zero attached hydrogens (tertiary/aromatic N) is 4. The molecule has 2 amide bonds. The van der Waals surface area contributed by atoms with Gasteiger partial charge in [0.25, 0.3) is 0 Å². The van der Waals surface area contributed by atoms with Crippen molar-refractivity contribution < 1.29 is 14.0 Å². The standard InChI is InChI=1S/C19H21FN6O2/c20-12-4-6-13(7-5-12)22-18-24-14(23-17(21)25-18)11-26-15(27)10-19(16(26)28)8-2-1-3-9-19/h4-7H,1-3,8-11H2,(H3,21,22,23,24,25). The molecule has 2 aromatic rings. The zero-order chi connectivity index (χ0) is 19.7. The van der Waals surface area contributed by atoms with Crippen LogP contribution in [0.3, 0.4) is 0 Å². The van der Waals surface area contributed by atoms with Crippen LogP contribution in [0, 0.1) is 11.2 Å². The van der Waals surface area contributed by atoms with Crippen molar-refractivity contribution in [2.75, 3.05) is 11.1 Å². The van der Waals surface area contributed by atoms with E-state index in [1.807, 2.05) is 0 Å². The number of anilines is 3. The third-order valence-corrected chi connectivity index (χ3v) is 5.40. The van der Waals surface area contributed by atoms with Gasteiger partial charge in [0.1, 0.15) is 5.82 Å². The molecule has 2 fully saturated rings. The maximum absolute atomic E-state index is 13.0. The topological polar surface area (TPSA) is 114 Å². The second-order valence-electron chi connectivity index (χ2n) is 7.37. The zero-order valence-corrected chi connectivity index (χ0v) is 15.3. The predicted molar refractivity (Wildman–Crippen MR) is 99.6 cm³/mol. The number of benzene rings is 1. The van der Waals surface area contributed by atoms with E-state index in [9.17, 15) is 14.0 Å². The highest BCUT2D eigenvalue weighted by Gasteiger charge is 2.51. The fourth-order valence-corrected chi connectivity index (χ4v) is 4.01. The molecule has 1 aromatic carbocycles. The molecule has 1 spiro atoms. The van der Waals surface area contributed by atoms with Crippen molar-refractivity contribution in [2.24, 2.45) is 5.41 Å². The summed E-state index contributed by atoms with van der Waals surface area (Å²) in [5, 5.41) is 2.92. The zero-order valence-electron chi connectivity index (χ0n) is 15.3. The van der Waals surface area contributed by atoms with Crippen LogP contribution < -0.4 is 11.1 Å². The first-order chi connectivity index (χ1) is 13.4. The minimum Gasteiger partial charge on any atom is -0.368 e. The summed E-state index contributed by atoms with van der Waals surface area (Å²) < 4.78 is 13.0. The van der Waals surface area contributed by atoms with Crippen LogP contribution in [-0.4, -0.2) is 31.7 Å². The molecule has 0 bridgehead atoms. The Morgan fingerprint density at radius 2 is 1.79 bits per heavy atom. The number of imide groups is 1. The quantitative estimate of drug-likeness (QED) is 0.779. The highest BCUT2D eigenvalue weighted by molar-refractivity contribution is 6.05. The number of aromatic nitrogens is 3. The molecule has 146 valence electrons. The molecule has 0 radical (unpaired) electrons. The van der Waals surface area contributed by atoms with E-state index >= 15 is 0 Å². The van der Waals surface area contributed by atoms with Crippen LogP contribution in [0.4, 0.5) is 22.0 Å². The molecule has 2 aliphatic rings. The predicted octanol–water partition coefficient (Wildman–Crippen LogP) is 2.55. The molecule has 28 heavy (non-hydrogen) atoms. The van der Waals surface area contributed by atoms with Gasteiger partial charge in [0.15, 0.2) is 5.82 Å². The Kier molecular flexibility index (Phi) is 4.66. The fourth-order valence-electron chi connectivity index (χ4n) is 4.01. The molecule has 2 heterocycles. The molecule has 8 nitrogen and oxygen atoms in total. The highest BCUT2D eigenvalue weighted by atomic mass is 19.1. The molecular formula is C19H21FN6O2. The van der Waals surface area contributed by atoms with Gasteiger partial charge in [-0.1, -0.05) is 19.3 Å². The first-order valence-corrected chi connectivity index (χ1v) is 9.33. The third-order valence-electron chi connectivity index (χ3n) is 5.40. The minimum absolute atomic E-state index is 0.0268. The molecule has 1 aliphatic heterocycles. The van der Waals surface area contributed by atoms with Gasteiger partial charge in [-0.15, -0.1) is 0 Å². The number of nitrogens with two attached hydrogens (primary N) is 1. The van der Waals surface area contributed by atoms with Gasteiger partial charge in [-0.25, -0.2) is 4.39 Å². The van der Waals surface area contributed by atoms with Crippen LogP contribution in [0.2, 0.25) is 0 Å².